The number of nitrogens with zero attached hydrogens (tertiary/aromatic N) is 8. The van der Waals surface area contributed by atoms with Crippen LogP contribution in [0.3, 0.4) is 0 Å². The quantitative estimate of drug-likeness (QED) is 0.0836. The smallest absolute Gasteiger partial charge is 0.322 e. The van der Waals surface area contributed by atoms with Gasteiger partial charge in [0.05, 0.1) is 66.9 Å². The fraction of sp³-hybridized carbons (Fsp3) is 0.0769. The Labute approximate surface area is 425 Å². The van der Waals surface area contributed by atoms with E-state index in [9.17, 15) is 18.2 Å². The average Bonchev–Trinajstić information content (AvgIpc) is 4.26. The lowest BCUT2D eigenvalue weighted by atomic mass is 10.3. The predicted molar refractivity (Wildman–Crippen MR) is 282 cm³/mol. The second-order valence-corrected chi connectivity index (χ2v) is 20.9. The first-order valence-electron chi connectivity index (χ1n) is 22.2. The van der Waals surface area contributed by atoms with Gasteiger partial charge in [-0.1, -0.05) is 72.8 Å². The topological polar surface area (TPSA) is 259 Å². The summed E-state index contributed by atoms with van der Waals surface area (Å²) < 4.78 is 48.6. The standard InChI is InChI=1S/4C13H11N3OS/c4*17-18(9-10-5-3-4-8-14-10)13-15-11-6-1-2-7-12(11)16-13/h4*1-8H,9H2,(H,15,16). The number of fused-ring (bicyclic) bond motifs is 4. The van der Waals surface area contributed by atoms with Gasteiger partial charge in [0.15, 0.2) is 23.0 Å². The molecule has 4 aromatic carbocycles. The number of rotatable bonds is 12. The van der Waals surface area contributed by atoms with E-state index in [2.05, 4.69) is 59.8 Å². The Morgan fingerprint density at radius 2 is 0.486 bits per heavy atom. The third kappa shape index (κ3) is 13.5. The summed E-state index contributed by atoms with van der Waals surface area (Å²) in [6.45, 7) is 0. The van der Waals surface area contributed by atoms with Crippen LogP contribution >= 0.6 is 0 Å². The van der Waals surface area contributed by atoms with Crippen molar-refractivity contribution in [3.63, 3.8) is 0 Å². The van der Waals surface area contributed by atoms with E-state index >= 15 is 0 Å². The van der Waals surface area contributed by atoms with Gasteiger partial charge in [0, 0.05) is 69.5 Å². The van der Waals surface area contributed by atoms with Gasteiger partial charge < -0.3 is 18.2 Å². The molecule has 20 heteroatoms. The van der Waals surface area contributed by atoms with Crippen molar-refractivity contribution >= 4 is 88.8 Å². The summed E-state index contributed by atoms with van der Waals surface area (Å²) in [6.07, 6.45) is 6.80. The minimum Gasteiger partial charge on any atom is -0.609 e. The Hall–Kier alpha value is -7.40. The van der Waals surface area contributed by atoms with Gasteiger partial charge in [-0.05, 0) is 97.1 Å². The number of aromatic amines is 4. The predicted octanol–water partition coefficient (Wildman–Crippen LogP) is 9.06. The van der Waals surface area contributed by atoms with Crippen LogP contribution in [0.2, 0.25) is 0 Å². The minimum atomic E-state index is -1.20. The number of hydrogen-bond acceptors (Lipinski definition) is 12. The highest BCUT2D eigenvalue weighted by Crippen LogP contribution is 2.21. The number of H-pyrrole nitrogens is 4. The maximum Gasteiger partial charge on any atom is 0.322 e. The van der Waals surface area contributed by atoms with Crippen molar-refractivity contribution in [2.24, 2.45) is 0 Å². The van der Waals surface area contributed by atoms with E-state index in [-0.39, 0.29) is 0 Å². The molecular weight excluding hydrogens is 985 g/mol. The molecule has 4 N–H and O–H groups in total. The molecule has 72 heavy (non-hydrogen) atoms. The molecule has 0 aliphatic rings. The molecule has 0 radical (unpaired) electrons. The highest BCUT2D eigenvalue weighted by Gasteiger charge is 2.21. The average molecular weight is 1030 g/mol. The van der Waals surface area contributed by atoms with E-state index < -0.39 is 44.7 Å². The van der Waals surface area contributed by atoms with E-state index in [0.29, 0.717) is 43.6 Å². The van der Waals surface area contributed by atoms with Gasteiger partial charge in [0.2, 0.25) is 0 Å². The third-order valence-corrected chi connectivity index (χ3v) is 15.1. The Bertz CT molecular complexity index is 2950. The van der Waals surface area contributed by atoms with Crippen molar-refractivity contribution < 1.29 is 18.2 Å². The summed E-state index contributed by atoms with van der Waals surface area (Å²) >= 11 is -4.78. The molecule has 0 saturated carbocycles. The molecular formula is C52H44N12O4S4. The zero-order valence-corrected chi connectivity index (χ0v) is 41.4. The van der Waals surface area contributed by atoms with Crippen LogP contribution in [-0.4, -0.2) is 78.0 Å². The van der Waals surface area contributed by atoms with Crippen LogP contribution in [0.5, 0.6) is 0 Å². The van der Waals surface area contributed by atoms with Gasteiger partial charge in [-0.25, -0.2) is 0 Å². The van der Waals surface area contributed by atoms with Crippen molar-refractivity contribution in [3.05, 3.63) is 217 Å². The number of imidazole rings is 4. The molecule has 0 aliphatic heterocycles. The first-order valence-corrected chi connectivity index (χ1v) is 27.5. The summed E-state index contributed by atoms with van der Waals surface area (Å²) in [5, 5.41) is 2.01. The molecule has 0 saturated heterocycles. The van der Waals surface area contributed by atoms with E-state index in [0.717, 1.165) is 66.9 Å². The van der Waals surface area contributed by atoms with E-state index in [4.69, 9.17) is 0 Å². The minimum absolute atomic E-state index is 0.376. The number of aromatic nitrogens is 12. The first kappa shape index (κ1) is 49.6. The molecule has 4 unspecified atom stereocenters. The summed E-state index contributed by atoms with van der Waals surface area (Å²) in [5.41, 5.74) is 10.2. The molecule has 0 fully saturated rings. The van der Waals surface area contributed by atoms with Crippen LogP contribution in [0.1, 0.15) is 22.8 Å². The number of pyridine rings is 4. The Kier molecular flexibility index (Phi) is 17.0. The van der Waals surface area contributed by atoms with Crippen molar-refractivity contribution in [1.29, 1.82) is 0 Å². The number of benzene rings is 4. The van der Waals surface area contributed by atoms with Crippen LogP contribution < -0.4 is 0 Å². The van der Waals surface area contributed by atoms with Gasteiger partial charge in [0.25, 0.3) is 0 Å². The van der Waals surface area contributed by atoms with Gasteiger partial charge in [-0.15, -0.1) is 0 Å². The molecule has 0 spiro atoms. The SMILES string of the molecule is [O-][S+](Cc1ccccn1)c1nc2ccccc2[nH]1.[O-][S+](Cc1ccccn1)c1nc2ccccc2[nH]1.[O-][S+](Cc1ccccn1)c1nc2ccccc2[nH]1.[O-][S+](Cc1ccccn1)c1nc2ccccc2[nH]1. The second-order valence-electron chi connectivity index (χ2n) is 15.5. The molecule has 8 aromatic heterocycles. The zero-order chi connectivity index (χ0) is 49.5. The van der Waals surface area contributed by atoms with Crippen molar-refractivity contribution in [2.45, 2.75) is 43.6 Å². The molecule has 8 heterocycles. The van der Waals surface area contributed by atoms with Crippen molar-refractivity contribution in [1.82, 2.24) is 59.8 Å². The number of para-hydroxylation sites is 8. The van der Waals surface area contributed by atoms with Crippen molar-refractivity contribution in [3.8, 4) is 0 Å². The van der Waals surface area contributed by atoms with Gasteiger partial charge in [-0.3, -0.25) is 39.9 Å². The molecule has 0 aliphatic carbocycles. The van der Waals surface area contributed by atoms with E-state index in [1.165, 1.54) is 0 Å². The normalized spacial score (nSPS) is 12.7. The lowest BCUT2D eigenvalue weighted by Crippen LogP contribution is -2.07. The fourth-order valence-corrected chi connectivity index (χ4v) is 10.9. The van der Waals surface area contributed by atoms with Gasteiger partial charge >= 0.3 is 20.6 Å². The number of hydrogen-bond donors (Lipinski definition) is 4. The van der Waals surface area contributed by atoms with Crippen LogP contribution in [0.15, 0.2) is 215 Å². The third-order valence-electron chi connectivity index (χ3n) is 10.4. The molecule has 12 rings (SSSR count). The van der Waals surface area contributed by atoms with Crippen LogP contribution in [0, 0.1) is 0 Å². The van der Waals surface area contributed by atoms with E-state index in [1.54, 1.807) is 24.8 Å². The van der Waals surface area contributed by atoms with Crippen molar-refractivity contribution in [2.75, 3.05) is 0 Å². The maximum atomic E-state index is 12.2. The number of nitrogens with one attached hydrogen (secondary N) is 4. The van der Waals surface area contributed by atoms with Gasteiger partial charge in [-0.2, -0.15) is 19.9 Å². The Balaban J connectivity index is 0.000000119. The molecule has 360 valence electrons. The van der Waals surface area contributed by atoms with Gasteiger partial charge in [0.1, 0.15) is 0 Å². The molecule has 12 aromatic rings. The Morgan fingerprint density at radius 3 is 0.681 bits per heavy atom. The lowest BCUT2D eigenvalue weighted by Gasteiger charge is -2.05. The summed E-state index contributed by atoms with van der Waals surface area (Å²) in [4.78, 5) is 46.3. The molecule has 4 atom stereocenters. The largest absolute Gasteiger partial charge is 0.609 e. The summed E-state index contributed by atoms with van der Waals surface area (Å²) in [7, 11) is 0. The summed E-state index contributed by atoms with van der Waals surface area (Å²) in [6, 6.07) is 53.0. The monoisotopic (exact) mass is 1030 g/mol. The van der Waals surface area contributed by atoms with Crippen LogP contribution in [0.25, 0.3) is 44.1 Å². The molecule has 0 bridgehead atoms. The highest BCUT2D eigenvalue weighted by molar-refractivity contribution is 7.91. The summed E-state index contributed by atoms with van der Waals surface area (Å²) in [5.74, 6) is 1.50. The molecule has 16 nitrogen and oxygen atoms in total. The zero-order valence-electron chi connectivity index (χ0n) is 38.1. The highest BCUT2D eigenvalue weighted by atomic mass is 32.2. The fourth-order valence-electron chi connectivity index (χ4n) is 6.89. The second kappa shape index (κ2) is 24.6. The maximum absolute atomic E-state index is 12.2. The molecule has 0 amide bonds. The van der Waals surface area contributed by atoms with Crippen LogP contribution in [-0.2, 0) is 67.7 Å². The van der Waals surface area contributed by atoms with E-state index in [1.807, 2.05) is 170 Å². The lowest BCUT2D eigenvalue weighted by molar-refractivity contribution is 0.586. The first-order chi connectivity index (χ1) is 35.3. The Morgan fingerprint density at radius 1 is 0.278 bits per heavy atom. The van der Waals surface area contributed by atoms with Crippen LogP contribution in [0.4, 0.5) is 0 Å².